The Morgan fingerprint density at radius 2 is 0.879 bits per heavy atom. The fourth-order valence-electron chi connectivity index (χ4n) is 4.34. The van der Waals surface area contributed by atoms with E-state index in [4.69, 9.17) is 18.6 Å². The number of hydrogen-bond donors (Lipinski definition) is 0. The Bertz CT molecular complexity index is 1140. The van der Waals surface area contributed by atoms with Crippen molar-refractivity contribution in [2.24, 2.45) is 0 Å². The highest BCUT2D eigenvalue weighted by Crippen LogP contribution is 2.44. The van der Waals surface area contributed by atoms with Crippen molar-refractivity contribution in [2.45, 2.75) is 87.6 Å². The van der Waals surface area contributed by atoms with Gasteiger partial charge in [0.25, 0.3) is 0 Å². The van der Waals surface area contributed by atoms with Gasteiger partial charge in [0.1, 0.15) is 0 Å². The quantitative estimate of drug-likeness (QED) is 0.539. The molecule has 33 heavy (non-hydrogen) atoms. The lowest BCUT2D eigenvalue weighted by Crippen LogP contribution is -2.41. The lowest BCUT2D eigenvalue weighted by molar-refractivity contribution is 0.00578. The van der Waals surface area contributed by atoms with Gasteiger partial charge in [-0.1, -0.05) is 24.3 Å². The van der Waals surface area contributed by atoms with E-state index in [1.54, 1.807) is 12.1 Å². The minimum Gasteiger partial charge on any atom is -0.399 e. The van der Waals surface area contributed by atoms with Crippen molar-refractivity contribution in [3.63, 3.8) is 0 Å². The zero-order valence-electron chi connectivity index (χ0n) is 20.5. The molecule has 0 aromatic heterocycles. The Labute approximate surface area is 197 Å². The molecule has 9 heteroatoms. The van der Waals surface area contributed by atoms with Gasteiger partial charge in [-0.25, -0.2) is 8.42 Å². The van der Waals surface area contributed by atoms with Gasteiger partial charge in [0.2, 0.25) is 9.84 Å². The Morgan fingerprint density at radius 3 is 1.18 bits per heavy atom. The Hall–Kier alpha value is -1.64. The topological polar surface area (TPSA) is 71.1 Å². The highest BCUT2D eigenvalue weighted by atomic mass is 32.2. The van der Waals surface area contributed by atoms with Gasteiger partial charge >= 0.3 is 14.2 Å². The predicted molar refractivity (Wildman–Crippen MR) is 129 cm³/mol. The third-order valence-electron chi connectivity index (χ3n) is 7.93. The van der Waals surface area contributed by atoms with Crippen LogP contribution in [0.1, 0.15) is 55.4 Å². The fourth-order valence-corrected chi connectivity index (χ4v) is 6.09. The Kier molecular flexibility index (Phi) is 4.71. The van der Waals surface area contributed by atoms with Crippen LogP contribution in [0, 0.1) is 0 Å². The molecule has 5 rings (SSSR count). The molecule has 0 unspecified atom stereocenters. The van der Waals surface area contributed by atoms with Crippen LogP contribution in [0.3, 0.4) is 0 Å². The highest BCUT2D eigenvalue weighted by Gasteiger charge is 2.53. The van der Waals surface area contributed by atoms with Crippen LogP contribution < -0.4 is 10.9 Å². The third-order valence-corrected chi connectivity index (χ3v) is 9.76. The van der Waals surface area contributed by atoms with Crippen LogP contribution in [0.4, 0.5) is 0 Å². The van der Waals surface area contributed by atoms with Crippen molar-refractivity contribution in [2.75, 3.05) is 0 Å². The SMILES string of the molecule is CC1(C)OB(c2ccc3c(c2)S(=O)(=O)c2cc(B4OC(C)(C)C(C)(C)O4)ccc2-3)OC1(C)C. The van der Waals surface area contributed by atoms with Gasteiger partial charge in [-0.05, 0) is 78.4 Å². The molecular formula is C24H30B2O6S. The second-order valence-electron chi connectivity index (χ2n) is 11.2. The third kappa shape index (κ3) is 3.27. The normalized spacial score (nSPS) is 25.2. The van der Waals surface area contributed by atoms with Crippen molar-refractivity contribution in [1.29, 1.82) is 0 Å². The van der Waals surface area contributed by atoms with Crippen LogP contribution in [-0.4, -0.2) is 45.1 Å². The van der Waals surface area contributed by atoms with Crippen LogP contribution in [0.15, 0.2) is 46.2 Å². The van der Waals surface area contributed by atoms with Gasteiger partial charge in [-0.2, -0.15) is 0 Å². The molecule has 6 nitrogen and oxygen atoms in total. The van der Waals surface area contributed by atoms with E-state index in [1.807, 2.05) is 79.7 Å². The molecule has 0 bridgehead atoms. The first kappa shape index (κ1) is 23.1. The Morgan fingerprint density at radius 1 is 0.576 bits per heavy atom. The molecule has 0 radical (unpaired) electrons. The predicted octanol–water partition coefficient (Wildman–Crippen LogP) is 3.10. The summed E-state index contributed by atoms with van der Waals surface area (Å²) in [7, 11) is -4.96. The molecule has 174 valence electrons. The number of rotatable bonds is 2. The summed E-state index contributed by atoms with van der Waals surface area (Å²) in [6, 6.07) is 10.8. The molecule has 0 aliphatic carbocycles. The van der Waals surface area contributed by atoms with Gasteiger partial charge in [0.15, 0.2) is 0 Å². The molecule has 3 aliphatic heterocycles. The first-order valence-corrected chi connectivity index (χ1v) is 12.8. The van der Waals surface area contributed by atoms with Crippen LogP contribution in [-0.2, 0) is 28.5 Å². The van der Waals surface area contributed by atoms with Crippen molar-refractivity contribution < 1.29 is 27.0 Å². The van der Waals surface area contributed by atoms with Gasteiger partial charge < -0.3 is 18.6 Å². The van der Waals surface area contributed by atoms with E-state index < -0.39 is 46.5 Å². The summed E-state index contributed by atoms with van der Waals surface area (Å²) in [5.41, 5.74) is 0.736. The molecule has 0 N–H and O–H groups in total. The molecule has 0 amide bonds. The van der Waals surface area contributed by atoms with E-state index in [2.05, 4.69) is 0 Å². The largest absolute Gasteiger partial charge is 0.494 e. The van der Waals surface area contributed by atoms with Gasteiger partial charge in [0.05, 0.1) is 32.2 Å². The second kappa shape index (κ2) is 6.73. The van der Waals surface area contributed by atoms with Crippen molar-refractivity contribution in [3.05, 3.63) is 36.4 Å². The average Bonchev–Trinajstić information content (AvgIpc) is 3.16. The summed E-state index contributed by atoms with van der Waals surface area (Å²) >= 11 is 0. The van der Waals surface area contributed by atoms with E-state index in [0.717, 1.165) is 0 Å². The van der Waals surface area contributed by atoms with Crippen LogP contribution in [0.5, 0.6) is 0 Å². The van der Waals surface area contributed by atoms with E-state index in [1.165, 1.54) is 0 Å². The zero-order chi connectivity index (χ0) is 24.2. The molecule has 2 aromatic rings. The maximum absolute atomic E-state index is 13.6. The zero-order valence-corrected chi connectivity index (χ0v) is 21.3. The lowest BCUT2D eigenvalue weighted by atomic mass is 9.77. The molecule has 0 saturated carbocycles. The standard InChI is InChI=1S/C24H30B2O6S/c1-21(2)22(3,4)30-25(29-21)15-9-11-17-18-12-10-16(14-20(18)33(27,28)19(17)13-15)26-31-23(5,6)24(7,8)32-26/h9-14H,1-8H3. The lowest BCUT2D eigenvalue weighted by Gasteiger charge is -2.32. The van der Waals surface area contributed by atoms with Crippen LogP contribution in [0.25, 0.3) is 11.1 Å². The van der Waals surface area contributed by atoms with Crippen molar-refractivity contribution >= 4 is 35.0 Å². The molecule has 2 fully saturated rings. The second-order valence-corrected chi connectivity index (χ2v) is 13.1. The molecule has 2 saturated heterocycles. The molecular weight excluding hydrogens is 438 g/mol. The van der Waals surface area contributed by atoms with E-state index in [0.29, 0.717) is 22.1 Å². The molecule has 3 aliphatic rings. The van der Waals surface area contributed by atoms with Crippen LogP contribution >= 0.6 is 0 Å². The van der Waals surface area contributed by atoms with Gasteiger partial charge in [-0.3, -0.25) is 0 Å². The summed E-state index contributed by atoms with van der Waals surface area (Å²) in [6.07, 6.45) is 0. The summed E-state index contributed by atoms with van der Waals surface area (Å²) in [5, 5.41) is 0. The number of benzene rings is 2. The first-order chi connectivity index (χ1) is 15.1. The summed E-state index contributed by atoms with van der Waals surface area (Å²) in [4.78, 5) is 0.548. The maximum atomic E-state index is 13.6. The molecule has 0 atom stereocenters. The fraction of sp³-hybridized carbons (Fsp3) is 0.500. The van der Waals surface area contributed by atoms with Gasteiger partial charge in [0, 0.05) is 11.1 Å². The van der Waals surface area contributed by atoms with Gasteiger partial charge in [-0.15, -0.1) is 0 Å². The van der Waals surface area contributed by atoms with Crippen LogP contribution in [0.2, 0.25) is 0 Å². The number of hydrogen-bond acceptors (Lipinski definition) is 6. The minimum atomic E-state index is -3.71. The summed E-state index contributed by atoms with van der Waals surface area (Å²) in [5.74, 6) is 0. The monoisotopic (exact) mass is 468 g/mol. The van der Waals surface area contributed by atoms with Crippen molar-refractivity contribution in [1.82, 2.24) is 0 Å². The Balaban J connectivity index is 1.51. The average molecular weight is 468 g/mol. The molecule has 0 spiro atoms. The minimum absolute atomic E-state index is 0.274. The number of fused-ring (bicyclic) bond motifs is 3. The first-order valence-electron chi connectivity index (χ1n) is 11.3. The summed E-state index contributed by atoms with van der Waals surface area (Å²) < 4.78 is 51.6. The van der Waals surface area contributed by atoms with Crippen molar-refractivity contribution in [3.8, 4) is 11.1 Å². The summed E-state index contributed by atoms with van der Waals surface area (Å²) in [6.45, 7) is 15.8. The molecule has 3 heterocycles. The highest BCUT2D eigenvalue weighted by molar-refractivity contribution is 7.92. The van der Waals surface area contributed by atoms with E-state index >= 15 is 0 Å². The number of sulfone groups is 1. The smallest absolute Gasteiger partial charge is 0.399 e. The van der Waals surface area contributed by atoms with E-state index in [-0.39, 0.29) is 9.79 Å². The maximum Gasteiger partial charge on any atom is 0.494 e. The molecule has 2 aromatic carbocycles. The van der Waals surface area contributed by atoms with E-state index in [9.17, 15) is 8.42 Å².